The largest absolute Gasteiger partial charge is 0.466 e. The van der Waals surface area contributed by atoms with E-state index in [0.717, 1.165) is 38.5 Å². The molecule has 0 aromatic rings. The lowest BCUT2D eigenvalue weighted by Gasteiger charge is -2.20. The molecule has 7 nitrogen and oxygen atoms in total. The Morgan fingerprint density at radius 2 is 0.902 bits per heavy atom. The number of amides is 1. The molecule has 0 saturated heterocycles. The second-order valence-corrected chi connectivity index (χ2v) is 15.6. The summed E-state index contributed by atoms with van der Waals surface area (Å²) in [4.78, 5) is 48.5. The van der Waals surface area contributed by atoms with E-state index < -0.39 is 12.1 Å². The highest BCUT2D eigenvalue weighted by Gasteiger charge is 2.19. The lowest BCUT2D eigenvalue weighted by molar-refractivity contribution is -0.150. The second-order valence-electron chi connectivity index (χ2n) is 14.5. The van der Waals surface area contributed by atoms with Crippen LogP contribution in [0.25, 0.3) is 0 Å². The summed E-state index contributed by atoms with van der Waals surface area (Å²) >= 11 is 1.47. The van der Waals surface area contributed by atoms with Gasteiger partial charge < -0.3 is 14.8 Å². The van der Waals surface area contributed by atoms with Crippen molar-refractivity contribution < 1.29 is 28.7 Å². The van der Waals surface area contributed by atoms with Crippen LogP contribution in [0.3, 0.4) is 0 Å². The summed E-state index contributed by atoms with van der Waals surface area (Å²) in [6.07, 6.45) is 33.6. The average molecular weight is 760 g/mol. The molecule has 0 saturated carbocycles. The molecule has 9 heteroatoms. The Bertz CT molecular complexity index is 827. The van der Waals surface area contributed by atoms with Crippen molar-refractivity contribution in [2.45, 2.75) is 226 Å². The number of nitrogens with one attached hydrogen (secondary N) is 1. The third-order valence-corrected chi connectivity index (χ3v) is 10.6. The van der Waals surface area contributed by atoms with Gasteiger partial charge in [0, 0.05) is 37.7 Å². The van der Waals surface area contributed by atoms with Crippen molar-refractivity contribution in [2.24, 2.45) is 0 Å². The quantitative estimate of drug-likeness (QED) is 0.0494. The minimum atomic E-state index is -0.571. The molecule has 51 heavy (non-hydrogen) atoms. The molecule has 0 aliphatic rings. The molecule has 0 unspecified atom stereocenters. The van der Waals surface area contributed by atoms with Crippen molar-refractivity contribution in [3.05, 3.63) is 0 Å². The number of carbonyl (C=O) groups is 4. The van der Waals surface area contributed by atoms with Crippen LogP contribution in [0.2, 0.25) is 0 Å². The van der Waals surface area contributed by atoms with Crippen molar-refractivity contribution in [2.75, 3.05) is 18.1 Å². The predicted molar refractivity (Wildman–Crippen MR) is 222 cm³/mol. The first kappa shape index (κ1) is 51.9. The highest BCUT2D eigenvalue weighted by atomic mass is 32.2. The maximum absolute atomic E-state index is 12.7. The first-order valence-electron chi connectivity index (χ1n) is 21.0. The van der Waals surface area contributed by atoms with Gasteiger partial charge in [0.1, 0.15) is 6.10 Å². The lowest BCUT2D eigenvalue weighted by atomic mass is 10.0. The minimum absolute atomic E-state index is 0. The molecule has 0 fully saturated rings. The maximum Gasteiger partial charge on any atom is 0.306 e. The summed E-state index contributed by atoms with van der Waals surface area (Å²) in [6.45, 7) is 7.58. The number of unbranched alkanes of at least 4 members (excludes halogenated alkanes) is 24. The molecule has 0 rings (SSSR count). The molecule has 0 bridgehead atoms. The van der Waals surface area contributed by atoms with Crippen LogP contribution in [0, 0.1) is 0 Å². The van der Waals surface area contributed by atoms with Crippen molar-refractivity contribution in [1.82, 2.24) is 5.32 Å². The molecule has 0 aliphatic carbocycles. The Morgan fingerprint density at radius 1 is 0.529 bits per heavy atom. The van der Waals surface area contributed by atoms with Crippen LogP contribution in [0.15, 0.2) is 0 Å². The van der Waals surface area contributed by atoms with Gasteiger partial charge in [-0.1, -0.05) is 168 Å². The van der Waals surface area contributed by atoms with Gasteiger partial charge in [0.15, 0.2) is 5.78 Å². The number of carbonyl (C=O) groups excluding carboxylic acids is 4. The monoisotopic (exact) mass is 760 g/mol. The third-order valence-electron chi connectivity index (χ3n) is 9.43. The topological polar surface area (TPSA) is 98.8 Å². The Labute approximate surface area is 325 Å². The van der Waals surface area contributed by atoms with Gasteiger partial charge >= 0.3 is 11.9 Å². The SMILES string of the molecule is CCCCCCCCCCCCCCCC(=O)OCC[C@@H](CSC[C@H](NC(C)=O)C(C)=O)OC(=O)CCCCCCCCCCCCCCC.S. The van der Waals surface area contributed by atoms with Crippen LogP contribution in [0.4, 0.5) is 0 Å². The fourth-order valence-corrected chi connectivity index (χ4v) is 7.38. The zero-order chi connectivity index (χ0) is 36.9. The zero-order valence-electron chi connectivity index (χ0n) is 33.6. The van der Waals surface area contributed by atoms with Gasteiger partial charge in [-0.15, -0.1) is 0 Å². The molecule has 0 aromatic heterocycles. The molecule has 302 valence electrons. The minimum Gasteiger partial charge on any atom is -0.466 e. The summed E-state index contributed by atoms with van der Waals surface area (Å²) < 4.78 is 11.3. The van der Waals surface area contributed by atoms with Crippen LogP contribution < -0.4 is 5.32 Å². The van der Waals surface area contributed by atoms with Gasteiger partial charge in [0.25, 0.3) is 0 Å². The van der Waals surface area contributed by atoms with E-state index in [1.165, 1.54) is 154 Å². The van der Waals surface area contributed by atoms with Crippen LogP contribution in [0.1, 0.15) is 214 Å². The highest BCUT2D eigenvalue weighted by molar-refractivity contribution is 7.99. The number of thioether (sulfide) groups is 1. The zero-order valence-corrected chi connectivity index (χ0v) is 35.5. The molecule has 0 spiro atoms. The molecule has 1 amide bonds. The Morgan fingerprint density at radius 3 is 1.27 bits per heavy atom. The van der Waals surface area contributed by atoms with Gasteiger partial charge in [0.2, 0.25) is 5.91 Å². The Balaban J connectivity index is 0. The third kappa shape index (κ3) is 38.3. The number of ketones is 1. The predicted octanol–water partition coefficient (Wildman–Crippen LogP) is 11.7. The number of rotatable bonds is 38. The number of ether oxygens (including phenoxy) is 2. The summed E-state index contributed by atoms with van der Waals surface area (Å²) in [5.41, 5.74) is 0. The number of hydrogen-bond acceptors (Lipinski definition) is 7. The van der Waals surface area contributed by atoms with Gasteiger partial charge in [-0.25, -0.2) is 0 Å². The van der Waals surface area contributed by atoms with Crippen LogP contribution in [-0.4, -0.2) is 53.9 Å². The standard InChI is InChI=1S/C42H79NO6S.H2S/c1-5-7-9-11-13-15-17-19-21-23-25-27-29-31-41(46)48-34-33-39(35-50-36-40(37(3)44)43-38(4)45)49-42(47)32-30-28-26-24-22-20-18-16-14-12-10-8-6-2;/h39-40H,5-36H2,1-4H3,(H,43,45);1H2/t39-,40-;/m0./s1. The van der Waals surface area contributed by atoms with Crippen molar-refractivity contribution in [1.29, 1.82) is 0 Å². The van der Waals surface area contributed by atoms with E-state index >= 15 is 0 Å². The summed E-state index contributed by atoms with van der Waals surface area (Å²) in [5, 5.41) is 2.68. The number of hydrogen-bond donors (Lipinski definition) is 1. The molecule has 0 heterocycles. The first-order valence-corrected chi connectivity index (χ1v) is 22.2. The van der Waals surface area contributed by atoms with E-state index in [4.69, 9.17) is 9.47 Å². The van der Waals surface area contributed by atoms with E-state index in [1.807, 2.05) is 0 Å². The molecular weight excluding hydrogens is 679 g/mol. The second kappa shape index (κ2) is 40.0. The summed E-state index contributed by atoms with van der Waals surface area (Å²) in [5.74, 6) is 0.111. The number of Topliss-reactive ketones (excluding diaryl/α,β-unsaturated/α-hetero) is 1. The van der Waals surface area contributed by atoms with E-state index in [0.29, 0.717) is 30.8 Å². The molecule has 0 aliphatic heterocycles. The van der Waals surface area contributed by atoms with Gasteiger partial charge in [0.05, 0.1) is 12.6 Å². The maximum atomic E-state index is 12.7. The van der Waals surface area contributed by atoms with E-state index in [-0.39, 0.29) is 43.7 Å². The van der Waals surface area contributed by atoms with Crippen molar-refractivity contribution in [3.8, 4) is 0 Å². The van der Waals surface area contributed by atoms with Gasteiger partial charge in [-0.05, 0) is 19.8 Å². The lowest BCUT2D eigenvalue weighted by Crippen LogP contribution is -2.40. The van der Waals surface area contributed by atoms with Gasteiger partial charge in [-0.2, -0.15) is 25.3 Å². The van der Waals surface area contributed by atoms with Crippen LogP contribution in [-0.2, 0) is 28.7 Å². The fraction of sp³-hybridized carbons (Fsp3) is 0.905. The van der Waals surface area contributed by atoms with E-state index in [9.17, 15) is 19.2 Å². The number of esters is 2. The molecule has 1 N–H and O–H groups in total. The van der Waals surface area contributed by atoms with Crippen molar-refractivity contribution in [3.63, 3.8) is 0 Å². The van der Waals surface area contributed by atoms with Crippen LogP contribution >= 0.6 is 25.3 Å². The average Bonchev–Trinajstić information content (AvgIpc) is 3.08. The molecular formula is C42H81NO6S2. The van der Waals surface area contributed by atoms with Gasteiger partial charge in [-0.3, -0.25) is 19.2 Å². The highest BCUT2D eigenvalue weighted by Crippen LogP contribution is 2.17. The summed E-state index contributed by atoms with van der Waals surface area (Å²) in [6, 6.07) is -0.571. The summed E-state index contributed by atoms with van der Waals surface area (Å²) in [7, 11) is 0. The van der Waals surface area contributed by atoms with E-state index in [2.05, 4.69) is 19.2 Å². The Hall–Kier alpha value is -1.22. The Kier molecular flexibility index (Phi) is 40.7. The molecule has 2 atom stereocenters. The first-order chi connectivity index (χ1) is 24.3. The molecule has 0 radical (unpaired) electrons. The molecule has 0 aromatic carbocycles. The smallest absolute Gasteiger partial charge is 0.306 e. The fourth-order valence-electron chi connectivity index (χ4n) is 6.20. The van der Waals surface area contributed by atoms with Crippen LogP contribution in [0.5, 0.6) is 0 Å². The normalized spacial score (nSPS) is 12.2. The van der Waals surface area contributed by atoms with Crippen molar-refractivity contribution >= 4 is 48.9 Å². The van der Waals surface area contributed by atoms with E-state index in [1.54, 1.807) is 0 Å².